The number of hydrogen-bond donors (Lipinski definition) is 4. The van der Waals surface area contributed by atoms with E-state index in [0.717, 1.165) is 6.20 Å². The Morgan fingerprint density at radius 3 is 2.88 bits per heavy atom. The van der Waals surface area contributed by atoms with Gasteiger partial charge < -0.3 is 21.4 Å². The minimum atomic E-state index is -0.963. The van der Waals surface area contributed by atoms with Crippen molar-refractivity contribution in [3.8, 4) is 0 Å². The van der Waals surface area contributed by atoms with Gasteiger partial charge in [-0.25, -0.2) is 0 Å². The lowest BCUT2D eigenvalue weighted by Gasteiger charge is -2.12. The summed E-state index contributed by atoms with van der Waals surface area (Å²) < 4.78 is 1.39. The first kappa shape index (κ1) is 10.9. The number of carbonyl (C=O) groups is 2. The number of nitrogens with two attached hydrogens (primary N) is 2. The van der Waals surface area contributed by atoms with Crippen LogP contribution in [0.15, 0.2) is 30.1 Å². The Balaban J connectivity index is 2.61. The fraction of sp³-hybridized carbons (Fsp3) is 0.100. The van der Waals surface area contributed by atoms with Crippen LogP contribution in [0.25, 0.3) is 0 Å². The maximum Gasteiger partial charge on any atom is 0.257 e. The van der Waals surface area contributed by atoms with Gasteiger partial charge in [0, 0.05) is 12.4 Å². The Labute approximate surface area is 96.6 Å². The number of nitrogens with zero attached hydrogens (tertiary/aromatic N) is 1. The minimum absolute atomic E-state index is 0.00815. The van der Waals surface area contributed by atoms with Crippen LogP contribution in [-0.2, 0) is 9.59 Å². The van der Waals surface area contributed by atoms with E-state index in [9.17, 15) is 9.59 Å². The van der Waals surface area contributed by atoms with E-state index in [0.29, 0.717) is 5.69 Å². The highest BCUT2D eigenvalue weighted by atomic mass is 16.2. The topological polar surface area (TPSA) is 127 Å². The van der Waals surface area contributed by atoms with Gasteiger partial charge in [-0.3, -0.25) is 15.0 Å². The lowest BCUT2D eigenvalue weighted by molar-refractivity contribution is -0.125. The molecule has 0 radical (unpaired) electrons. The largest absolute Gasteiger partial charge is 0.404 e. The number of aromatic nitrogens is 1. The third-order valence-corrected chi connectivity index (χ3v) is 2.54. The second-order valence-corrected chi connectivity index (χ2v) is 3.54. The van der Waals surface area contributed by atoms with Crippen molar-refractivity contribution in [3.05, 3.63) is 35.8 Å². The summed E-state index contributed by atoms with van der Waals surface area (Å²) in [5.41, 5.74) is 11.0. The SMILES string of the molecule is N=C1C(=CN)C(=O)NC(C(N)=O)c2cccn21. The van der Waals surface area contributed by atoms with E-state index < -0.39 is 17.9 Å². The van der Waals surface area contributed by atoms with Crippen LogP contribution in [0.3, 0.4) is 0 Å². The van der Waals surface area contributed by atoms with Crippen LogP contribution in [0.1, 0.15) is 11.7 Å². The molecule has 6 N–H and O–H groups in total. The lowest BCUT2D eigenvalue weighted by Crippen LogP contribution is -2.37. The van der Waals surface area contributed by atoms with E-state index in [1.807, 2.05) is 0 Å². The van der Waals surface area contributed by atoms with Crippen molar-refractivity contribution < 1.29 is 9.59 Å². The molecule has 1 aliphatic heterocycles. The summed E-state index contributed by atoms with van der Waals surface area (Å²) >= 11 is 0. The molecule has 2 amide bonds. The van der Waals surface area contributed by atoms with Gasteiger partial charge in [-0.1, -0.05) is 0 Å². The third-order valence-electron chi connectivity index (χ3n) is 2.54. The highest BCUT2D eigenvalue weighted by Gasteiger charge is 2.31. The lowest BCUT2D eigenvalue weighted by atomic mass is 10.2. The molecule has 0 aromatic carbocycles. The van der Waals surface area contributed by atoms with E-state index in [4.69, 9.17) is 16.9 Å². The maximum atomic E-state index is 11.7. The van der Waals surface area contributed by atoms with Gasteiger partial charge in [-0.2, -0.15) is 0 Å². The molecule has 0 saturated carbocycles. The molecule has 0 bridgehead atoms. The van der Waals surface area contributed by atoms with E-state index in [1.54, 1.807) is 18.3 Å². The van der Waals surface area contributed by atoms with Crippen molar-refractivity contribution in [1.82, 2.24) is 9.88 Å². The zero-order chi connectivity index (χ0) is 12.6. The molecular weight excluding hydrogens is 222 g/mol. The average molecular weight is 233 g/mol. The van der Waals surface area contributed by atoms with E-state index in [2.05, 4.69) is 5.32 Å². The van der Waals surface area contributed by atoms with Crippen molar-refractivity contribution >= 4 is 17.6 Å². The molecule has 1 aromatic heterocycles. The van der Waals surface area contributed by atoms with Crippen LogP contribution in [-0.4, -0.2) is 22.2 Å². The van der Waals surface area contributed by atoms with Crippen molar-refractivity contribution in [2.45, 2.75) is 6.04 Å². The molecule has 1 aromatic rings. The number of amides is 2. The standard InChI is InChI=1S/C10H11N5O2/c11-4-5-8(12)15-3-1-2-6(15)7(9(13)16)14-10(5)17/h1-4,7,12H,11H2,(H2,13,16)(H,14,17). The number of hydrogen-bond acceptors (Lipinski definition) is 4. The van der Waals surface area contributed by atoms with Crippen molar-refractivity contribution in [2.24, 2.45) is 11.5 Å². The van der Waals surface area contributed by atoms with Crippen LogP contribution in [0.4, 0.5) is 0 Å². The molecule has 1 unspecified atom stereocenters. The van der Waals surface area contributed by atoms with Gasteiger partial charge in [-0.05, 0) is 12.1 Å². The number of carbonyl (C=O) groups excluding carboxylic acids is 2. The summed E-state index contributed by atoms with van der Waals surface area (Å²) in [7, 11) is 0. The number of fused-ring (bicyclic) bond motifs is 1. The first-order valence-electron chi connectivity index (χ1n) is 4.85. The van der Waals surface area contributed by atoms with Gasteiger partial charge >= 0.3 is 0 Å². The van der Waals surface area contributed by atoms with Gasteiger partial charge in [-0.15, -0.1) is 0 Å². The van der Waals surface area contributed by atoms with Crippen LogP contribution in [0.5, 0.6) is 0 Å². The summed E-state index contributed by atoms with van der Waals surface area (Å²) in [4.78, 5) is 23.0. The molecule has 2 rings (SSSR count). The van der Waals surface area contributed by atoms with Crippen LogP contribution < -0.4 is 16.8 Å². The predicted octanol–water partition coefficient (Wildman–Crippen LogP) is -1.19. The zero-order valence-corrected chi connectivity index (χ0v) is 8.81. The summed E-state index contributed by atoms with van der Waals surface area (Å²) in [6.45, 7) is 0. The third kappa shape index (κ3) is 1.57. The quantitative estimate of drug-likeness (QED) is 0.455. The molecule has 0 aliphatic carbocycles. The first-order chi connectivity index (χ1) is 8.06. The van der Waals surface area contributed by atoms with Gasteiger partial charge in [0.05, 0.1) is 11.3 Å². The van der Waals surface area contributed by atoms with Gasteiger partial charge in [0.1, 0.15) is 11.9 Å². The maximum absolute atomic E-state index is 11.7. The fourth-order valence-electron chi connectivity index (χ4n) is 1.72. The highest BCUT2D eigenvalue weighted by Crippen LogP contribution is 2.19. The second kappa shape index (κ2) is 3.78. The summed E-state index contributed by atoms with van der Waals surface area (Å²) in [6, 6.07) is 2.31. The van der Waals surface area contributed by atoms with Crippen molar-refractivity contribution in [2.75, 3.05) is 0 Å². The molecular formula is C10H11N5O2. The number of primary amides is 1. The van der Waals surface area contributed by atoms with Gasteiger partial charge in [0.25, 0.3) is 5.91 Å². The Morgan fingerprint density at radius 1 is 1.59 bits per heavy atom. The summed E-state index contributed by atoms with van der Waals surface area (Å²) in [6.07, 6.45) is 2.60. The van der Waals surface area contributed by atoms with E-state index in [1.165, 1.54) is 4.57 Å². The number of rotatable bonds is 1. The van der Waals surface area contributed by atoms with Crippen molar-refractivity contribution in [1.29, 1.82) is 5.41 Å². The van der Waals surface area contributed by atoms with Crippen LogP contribution >= 0.6 is 0 Å². The molecule has 2 heterocycles. The molecule has 7 heteroatoms. The molecule has 1 aliphatic rings. The van der Waals surface area contributed by atoms with Gasteiger partial charge in [0.2, 0.25) is 5.91 Å². The molecule has 88 valence electrons. The highest BCUT2D eigenvalue weighted by molar-refractivity contribution is 6.21. The van der Waals surface area contributed by atoms with E-state index >= 15 is 0 Å². The number of nitrogens with one attached hydrogen (secondary N) is 2. The molecule has 7 nitrogen and oxygen atoms in total. The Bertz CT molecular complexity index is 543. The molecule has 0 fully saturated rings. The average Bonchev–Trinajstić information content (AvgIpc) is 2.71. The summed E-state index contributed by atoms with van der Waals surface area (Å²) in [5, 5.41) is 10.3. The first-order valence-corrected chi connectivity index (χ1v) is 4.85. The van der Waals surface area contributed by atoms with Crippen LogP contribution in [0, 0.1) is 5.41 Å². The summed E-state index contributed by atoms with van der Waals surface area (Å²) in [5.74, 6) is -1.37. The minimum Gasteiger partial charge on any atom is -0.404 e. The molecule has 0 saturated heterocycles. The fourth-order valence-corrected chi connectivity index (χ4v) is 1.72. The monoisotopic (exact) mass is 233 g/mol. The zero-order valence-electron chi connectivity index (χ0n) is 8.81. The van der Waals surface area contributed by atoms with Crippen LogP contribution in [0.2, 0.25) is 0 Å². The predicted molar refractivity (Wildman–Crippen MR) is 59.9 cm³/mol. The Kier molecular flexibility index (Phi) is 2.43. The Hall–Kier alpha value is -2.57. The molecule has 1 atom stereocenters. The van der Waals surface area contributed by atoms with Crippen molar-refractivity contribution in [3.63, 3.8) is 0 Å². The van der Waals surface area contributed by atoms with E-state index in [-0.39, 0.29) is 11.4 Å². The molecule has 0 spiro atoms. The second-order valence-electron chi connectivity index (χ2n) is 3.54. The Morgan fingerprint density at radius 2 is 2.29 bits per heavy atom. The normalized spacial score (nSPS) is 21.9. The molecule has 17 heavy (non-hydrogen) atoms. The smallest absolute Gasteiger partial charge is 0.257 e. The van der Waals surface area contributed by atoms with Gasteiger partial charge in [0.15, 0.2) is 0 Å².